The lowest BCUT2D eigenvalue weighted by atomic mass is 10.1. The van der Waals surface area contributed by atoms with Crippen molar-refractivity contribution in [1.29, 1.82) is 0 Å². The average molecular weight is 267 g/mol. The van der Waals surface area contributed by atoms with Crippen LogP contribution in [0.4, 0.5) is 0 Å². The first kappa shape index (κ1) is 15.2. The van der Waals surface area contributed by atoms with Crippen LogP contribution in [0.3, 0.4) is 0 Å². The first-order valence-corrected chi connectivity index (χ1v) is 6.32. The normalized spacial score (nSPS) is 10.8. The van der Waals surface area contributed by atoms with Crippen molar-refractivity contribution in [2.75, 3.05) is 13.1 Å². The summed E-state index contributed by atoms with van der Waals surface area (Å²) in [7, 11) is 1.77. The molecular formula is C13H21N3O3. The molecule has 1 aromatic heterocycles. The summed E-state index contributed by atoms with van der Waals surface area (Å²) in [4.78, 5) is 24.7. The summed E-state index contributed by atoms with van der Waals surface area (Å²) < 4.78 is 1.64. The molecule has 0 aliphatic carbocycles. The maximum Gasteiger partial charge on any atom is 0.305 e. The maximum absolute atomic E-state index is 12.4. The molecule has 0 aromatic carbocycles. The first-order chi connectivity index (χ1) is 8.82. The zero-order valence-corrected chi connectivity index (χ0v) is 11.9. The zero-order chi connectivity index (χ0) is 14.6. The van der Waals surface area contributed by atoms with E-state index < -0.39 is 5.97 Å². The standard InChI is InChI=1S/C13H21N3O3/c1-9(2)8-16(6-5-12(17)18)13(19)11-7-14-15(4)10(11)3/h7,9H,5-6,8H2,1-4H3,(H,17,18). The number of amides is 1. The van der Waals surface area contributed by atoms with Crippen molar-refractivity contribution in [1.82, 2.24) is 14.7 Å². The second-order valence-electron chi connectivity index (χ2n) is 5.06. The summed E-state index contributed by atoms with van der Waals surface area (Å²) in [6.45, 7) is 6.58. The van der Waals surface area contributed by atoms with Crippen LogP contribution < -0.4 is 0 Å². The topological polar surface area (TPSA) is 75.4 Å². The molecule has 0 fully saturated rings. The Labute approximate surface area is 113 Å². The van der Waals surface area contributed by atoms with E-state index in [-0.39, 0.29) is 24.8 Å². The molecule has 6 nitrogen and oxygen atoms in total. The van der Waals surface area contributed by atoms with Gasteiger partial charge < -0.3 is 10.0 Å². The van der Waals surface area contributed by atoms with Crippen molar-refractivity contribution in [2.24, 2.45) is 13.0 Å². The fraction of sp³-hybridized carbons (Fsp3) is 0.615. The van der Waals surface area contributed by atoms with E-state index in [1.807, 2.05) is 20.8 Å². The molecule has 6 heteroatoms. The van der Waals surface area contributed by atoms with Gasteiger partial charge in [0, 0.05) is 25.8 Å². The molecule has 1 aromatic rings. The van der Waals surface area contributed by atoms with E-state index in [9.17, 15) is 9.59 Å². The van der Waals surface area contributed by atoms with Crippen LogP contribution in [0, 0.1) is 12.8 Å². The number of hydrogen-bond donors (Lipinski definition) is 1. The highest BCUT2D eigenvalue weighted by Crippen LogP contribution is 2.12. The quantitative estimate of drug-likeness (QED) is 0.843. The number of carboxylic acid groups (broad SMARTS) is 1. The average Bonchev–Trinajstić information content (AvgIpc) is 2.64. The van der Waals surface area contributed by atoms with E-state index in [2.05, 4.69) is 5.10 Å². The number of aliphatic carboxylic acids is 1. The molecule has 0 bridgehead atoms. The summed E-state index contributed by atoms with van der Waals surface area (Å²) in [6.07, 6.45) is 1.49. The molecule has 106 valence electrons. The Kier molecular flexibility index (Phi) is 5.09. The third-order valence-electron chi connectivity index (χ3n) is 2.93. The third-order valence-corrected chi connectivity index (χ3v) is 2.93. The second kappa shape index (κ2) is 6.36. The van der Waals surface area contributed by atoms with Crippen LogP contribution in [0.25, 0.3) is 0 Å². The summed E-state index contributed by atoms with van der Waals surface area (Å²) in [6, 6.07) is 0. The monoisotopic (exact) mass is 267 g/mol. The van der Waals surface area contributed by atoms with Crippen molar-refractivity contribution < 1.29 is 14.7 Å². The van der Waals surface area contributed by atoms with Crippen molar-refractivity contribution in [3.8, 4) is 0 Å². The van der Waals surface area contributed by atoms with Crippen LogP contribution in [0.15, 0.2) is 6.20 Å². The molecule has 0 radical (unpaired) electrons. The minimum absolute atomic E-state index is 0.0439. The maximum atomic E-state index is 12.4. The van der Waals surface area contributed by atoms with E-state index in [1.165, 1.54) is 6.20 Å². The lowest BCUT2D eigenvalue weighted by Gasteiger charge is -2.23. The minimum Gasteiger partial charge on any atom is -0.481 e. The van der Waals surface area contributed by atoms with Gasteiger partial charge in [0.05, 0.1) is 18.2 Å². The van der Waals surface area contributed by atoms with Gasteiger partial charge in [-0.1, -0.05) is 13.8 Å². The summed E-state index contributed by atoms with van der Waals surface area (Å²) >= 11 is 0. The van der Waals surface area contributed by atoms with Crippen LogP contribution >= 0.6 is 0 Å². The number of rotatable bonds is 6. The molecule has 0 saturated carbocycles. The number of hydrogen-bond acceptors (Lipinski definition) is 3. The Hall–Kier alpha value is -1.85. The Balaban J connectivity index is 2.87. The van der Waals surface area contributed by atoms with Crippen LogP contribution in [0.5, 0.6) is 0 Å². The lowest BCUT2D eigenvalue weighted by molar-refractivity contribution is -0.137. The fourth-order valence-corrected chi connectivity index (χ4v) is 1.83. The van der Waals surface area contributed by atoms with Gasteiger partial charge in [-0.05, 0) is 12.8 Å². The Morgan fingerprint density at radius 1 is 1.47 bits per heavy atom. The molecule has 1 N–H and O–H groups in total. The van der Waals surface area contributed by atoms with Crippen LogP contribution in [-0.2, 0) is 11.8 Å². The van der Waals surface area contributed by atoms with E-state index in [0.29, 0.717) is 12.1 Å². The molecule has 0 aliphatic heterocycles. The first-order valence-electron chi connectivity index (χ1n) is 6.32. The van der Waals surface area contributed by atoms with Gasteiger partial charge in [0.15, 0.2) is 0 Å². The Morgan fingerprint density at radius 2 is 2.11 bits per heavy atom. The van der Waals surface area contributed by atoms with Gasteiger partial charge in [-0.25, -0.2) is 0 Å². The van der Waals surface area contributed by atoms with E-state index in [0.717, 1.165) is 5.69 Å². The van der Waals surface area contributed by atoms with E-state index >= 15 is 0 Å². The Bertz CT molecular complexity index is 466. The van der Waals surface area contributed by atoms with Crippen molar-refractivity contribution >= 4 is 11.9 Å². The largest absolute Gasteiger partial charge is 0.481 e. The minimum atomic E-state index is -0.899. The molecular weight excluding hydrogens is 246 g/mol. The predicted octanol–water partition coefficient (Wildman–Crippen LogP) is 1.30. The van der Waals surface area contributed by atoms with Crippen molar-refractivity contribution in [3.05, 3.63) is 17.5 Å². The van der Waals surface area contributed by atoms with Gasteiger partial charge in [-0.15, -0.1) is 0 Å². The third kappa shape index (κ3) is 4.08. The number of aromatic nitrogens is 2. The molecule has 0 saturated heterocycles. The number of nitrogens with zero attached hydrogens (tertiary/aromatic N) is 3. The van der Waals surface area contributed by atoms with Crippen molar-refractivity contribution in [3.63, 3.8) is 0 Å². The molecule has 1 amide bonds. The van der Waals surface area contributed by atoms with E-state index in [4.69, 9.17) is 5.11 Å². The van der Waals surface area contributed by atoms with Crippen LogP contribution in [-0.4, -0.2) is 44.8 Å². The van der Waals surface area contributed by atoms with Gasteiger partial charge >= 0.3 is 5.97 Å². The smallest absolute Gasteiger partial charge is 0.305 e. The van der Waals surface area contributed by atoms with Gasteiger partial charge in [-0.2, -0.15) is 5.10 Å². The number of carbonyl (C=O) groups is 2. The second-order valence-corrected chi connectivity index (χ2v) is 5.06. The van der Waals surface area contributed by atoms with Gasteiger partial charge in [0.2, 0.25) is 0 Å². The number of aryl methyl sites for hydroxylation is 1. The molecule has 0 aliphatic rings. The SMILES string of the molecule is Cc1c(C(=O)N(CCC(=O)O)CC(C)C)cnn1C. The molecule has 0 atom stereocenters. The lowest BCUT2D eigenvalue weighted by Crippen LogP contribution is -2.36. The molecule has 1 heterocycles. The van der Waals surface area contributed by atoms with Crippen LogP contribution in [0.2, 0.25) is 0 Å². The predicted molar refractivity (Wildman–Crippen MR) is 70.9 cm³/mol. The molecule has 0 unspecified atom stereocenters. The van der Waals surface area contributed by atoms with Gasteiger partial charge in [-0.3, -0.25) is 14.3 Å². The van der Waals surface area contributed by atoms with Crippen molar-refractivity contribution in [2.45, 2.75) is 27.2 Å². The van der Waals surface area contributed by atoms with E-state index in [1.54, 1.807) is 16.6 Å². The summed E-state index contributed by atoms with van der Waals surface area (Å²) in [5.41, 5.74) is 1.32. The van der Waals surface area contributed by atoms with Gasteiger partial charge in [0.1, 0.15) is 0 Å². The Morgan fingerprint density at radius 3 is 2.53 bits per heavy atom. The zero-order valence-electron chi connectivity index (χ0n) is 11.9. The molecule has 1 rings (SSSR count). The molecule has 19 heavy (non-hydrogen) atoms. The summed E-state index contributed by atoms with van der Waals surface area (Å²) in [5.74, 6) is -0.764. The highest BCUT2D eigenvalue weighted by atomic mass is 16.4. The number of carboxylic acids is 1. The molecule has 0 spiro atoms. The number of carbonyl (C=O) groups excluding carboxylic acids is 1. The highest BCUT2D eigenvalue weighted by Gasteiger charge is 2.21. The van der Waals surface area contributed by atoms with Gasteiger partial charge in [0.25, 0.3) is 5.91 Å². The fourth-order valence-electron chi connectivity index (χ4n) is 1.83. The van der Waals surface area contributed by atoms with Crippen LogP contribution in [0.1, 0.15) is 36.3 Å². The summed E-state index contributed by atoms with van der Waals surface area (Å²) in [5, 5.41) is 12.8. The highest BCUT2D eigenvalue weighted by molar-refractivity contribution is 5.95.